The quantitative estimate of drug-likeness (QED) is 0.914. The van der Waals surface area contributed by atoms with Crippen molar-refractivity contribution in [3.05, 3.63) is 35.0 Å². The number of carbonyl (C=O) groups is 1. The lowest BCUT2D eigenvalue weighted by Gasteiger charge is -2.34. The Kier molecular flexibility index (Phi) is 3.95. The number of hydrogen-bond acceptors (Lipinski definition) is 3. The SMILES string of the molecule is CC1(CNC(=O)c2cc3ccc(F)cc3s2)CCNCC1. The van der Waals surface area contributed by atoms with Crippen molar-refractivity contribution in [3.8, 4) is 0 Å². The molecule has 0 saturated carbocycles. The second kappa shape index (κ2) is 5.73. The van der Waals surface area contributed by atoms with E-state index in [9.17, 15) is 9.18 Å². The first-order valence-electron chi connectivity index (χ1n) is 7.24. The molecule has 2 aromatic rings. The van der Waals surface area contributed by atoms with Gasteiger partial charge in [0, 0.05) is 11.2 Å². The fourth-order valence-corrected chi connectivity index (χ4v) is 3.71. The lowest BCUT2D eigenvalue weighted by Crippen LogP contribution is -2.42. The van der Waals surface area contributed by atoms with Crippen LogP contribution in [0.3, 0.4) is 0 Å². The van der Waals surface area contributed by atoms with Gasteiger partial charge in [-0.15, -0.1) is 11.3 Å². The van der Waals surface area contributed by atoms with Crippen LogP contribution in [0.25, 0.3) is 10.1 Å². The Balaban J connectivity index is 1.69. The fourth-order valence-electron chi connectivity index (χ4n) is 2.70. The second-order valence-corrected chi connectivity index (χ2v) is 7.12. The molecule has 5 heteroatoms. The Morgan fingerprint density at radius 2 is 2.14 bits per heavy atom. The number of halogens is 1. The number of fused-ring (bicyclic) bond motifs is 1. The van der Waals surface area contributed by atoms with Gasteiger partial charge in [0.05, 0.1) is 4.88 Å². The number of hydrogen-bond donors (Lipinski definition) is 2. The van der Waals surface area contributed by atoms with E-state index in [2.05, 4.69) is 17.6 Å². The molecule has 2 heterocycles. The van der Waals surface area contributed by atoms with Crippen molar-refractivity contribution in [2.24, 2.45) is 5.41 Å². The molecular formula is C16H19FN2OS. The molecule has 0 bridgehead atoms. The van der Waals surface area contributed by atoms with Crippen LogP contribution in [0.15, 0.2) is 24.3 Å². The normalized spacial score (nSPS) is 17.8. The highest BCUT2D eigenvalue weighted by molar-refractivity contribution is 7.20. The van der Waals surface area contributed by atoms with Crippen molar-refractivity contribution in [3.63, 3.8) is 0 Å². The third-order valence-corrected chi connectivity index (χ3v) is 5.29. The molecule has 1 fully saturated rings. The largest absolute Gasteiger partial charge is 0.351 e. The number of benzene rings is 1. The first-order valence-corrected chi connectivity index (χ1v) is 8.05. The van der Waals surface area contributed by atoms with Crippen LogP contribution in [0, 0.1) is 11.2 Å². The number of piperidine rings is 1. The zero-order valence-corrected chi connectivity index (χ0v) is 12.9. The van der Waals surface area contributed by atoms with Gasteiger partial charge in [-0.3, -0.25) is 4.79 Å². The van der Waals surface area contributed by atoms with Crippen molar-refractivity contribution in [1.29, 1.82) is 0 Å². The number of rotatable bonds is 3. The summed E-state index contributed by atoms with van der Waals surface area (Å²) >= 11 is 1.34. The predicted octanol–water partition coefficient (Wildman–Crippen LogP) is 3.16. The summed E-state index contributed by atoms with van der Waals surface area (Å²) in [5, 5.41) is 7.29. The van der Waals surface area contributed by atoms with E-state index in [1.54, 1.807) is 6.07 Å². The van der Waals surface area contributed by atoms with E-state index in [0.29, 0.717) is 11.4 Å². The van der Waals surface area contributed by atoms with Gasteiger partial charge in [-0.05, 0) is 54.9 Å². The molecule has 0 radical (unpaired) electrons. The first kappa shape index (κ1) is 14.5. The van der Waals surface area contributed by atoms with Gasteiger partial charge in [0.15, 0.2) is 0 Å². The maximum absolute atomic E-state index is 13.2. The van der Waals surface area contributed by atoms with E-state index in [1.165, 1.54) is 23.5 Å². The van der Waals surface area contributed by atoms with Gasteiger partial charge >= 0.3 is 0 Å². The Bertz CT molecular complexity index is 661. The molecule has 3 rings (SSSR count). The van der Waals surface area contributed by atoms with Gasteiger partial charge < -0.3 is 10.6 Å². The first-order chi connectivity index (χ1) is 10.1. The molecule has 0 aliphatic carbocycles. The Labute approximate surface area is 127 Å². The third-order valence-electron chi connectivity index (χ3n) is 4.19. The van der Waals surface area contributed by atoms with Crippen LogP contribution < -0.4 is 10.6 Å². The molecule has 0 spiro atoms. The predicted molar refractivity (Wildman–Crippen MR) is 84.3 cm³/mol. The molecule has 1 aromatic heterocycles. The zero-order chi connectivity index (χ0) is 14.9. The minimum absolute atomic E-state index is 0.0589. The Morgan fingerprint density at radius 3 is 2.90 bits per heavy atom. The van der Waals surface area contributed by atoms with Crippen LogP contribution in [0.1, 0.15) is 29.4 Å². The fraction of sp³-hybridized carbons (Fsp3) is 0.438. The molecule has 1 saturated heterocycles. The molecule has 21 heavy (non-hydrogen) atoms. The third kappa shape index (κ3) is 3.24. The Morgan fingerprint density at radius 1 is 1.38 bits per heavy atom. The highest BCUT2D eigenvalue weighted by atomic mass is 32.1. The maximum atomic E-state index is 13.2. The highest BCUT2D eigenvalue weighted by Gasteiger charge is 2.27. The van der Waals surface area contributed by atoms with Crippen LogP contribution in [-0.2, 0) is 0 Å². The number of nitrogens with one attached hydrogen (secondary N) is 2. The minimum atomic E-state index is -0.265. The monoisotopic (exact) mass is 306 g/mol. The molecular weight excluding hydrogens is 287 g/mol. The molecule has 1 amide bonds. The molecule has 1 aliphatic heterocycles. The van der Waals surface area contributed by atoms with Crippen molar-refractivity contribution < 1.29 is 9.18 Å². The lowest BCUT2D eigenvalue weighted by molar-refractivity contribution is 0.0926. The van der Waals surface area contributed by atoms with Gasteiger partial charge in [0.1, 0.15) is 5.82 Å². The van der Waals surface area contributed by atoms with Gasteiger partial charge in [-0.2, -0.15) is 0 Å². The standard InChI is InChI=1S/C16H19FN2OS/c1-16(4-6-18-7-5-16)10-19-15(20)14-8-11-2-3-12(17)9-13(11)21-14/h2-3,8-9,18H,4-7,10H2,1H3,(H,19,20). The average molecular weight is 306 g/mol. The van der Waals surface area contributed by atoms with E-state index in [1.807, 2.05) is 6.07 Å². The van der Waals surface area contributed by atoms with E-state index < -0.39 is 0 Å². The molecule has 1 aromatic carbocycles. The van der Waals surface area contributed by atoms with Crippen LogP contribution in [0.5, 0.6) is 0 Å². The molecule has 112 valence electrons. The molecule has 1 aliphatic rings. The van der Waals surface area contributed by atoms with Crippen LogP contribution >= 0.6 is 11.3 Å². The van der Waals surface area contributed by atoms with Crippen LogP contribution in [0.4, 0.5) is 4.39 Å². The van der Waals surface area contributed by atoms with E-state index in [-0.39, 0.29) is 17.1 Å². The van der Waals surface area contributed by atoms with Crippen molar-refractivity contribution in [2.45, 2.75) is 19.8 Å². The molecule has 2 N–H and O–H groups in total. The van der Waals surface area contributed by atoms with Crippen LogP contribution in [-0.4, -0.2) is 25.5 Å². The van der Waals surface area contributed by atoms with Gasteiger partial charge in [0.25, 0.3) is 5.91 Å². The van der Waals surface area contributed by atoms with E-state index in [0.717, 1.165) is 36.0 Å². The number of thiophene rings is 1. The lowest BCUT2D eigenvalue weighted by atomic mass is 9.81. The van der Waals surface area contributed by atoms with Gasteiger partial charge in [-0.1, -0.05) is 13.0 Å². The average Bonchev–Trinajstić information content (AvgIpc) is 2.88. The summed E-state index contributed by atoms with van der Waals surface area (Å²) in [6, 6.07) is 6.45. The van der Waals surface area contributed by atoms with E-state index in [4.69, 9.17) is 0 Å². The highest BCUT2D eigenvalue weighted by Crippen LogP contribution is 2.28. The summed E-state index contributed by atoms with van der Waals surface area (Å²) in [4.78, 5) is 12.9. The summed E-state index contributed by atoms with van der Waals surface area (Å²) in [6.45, 7) is 4.92. The van der Waals surface area contributed by atoms with Gasteiger partial charge in [-0.25, -0.2) is 4.39 Å². The molecule has 3 nitrogen and oxygen atoms in total. The summed E-state index contributed by atoms with van der Waals surface area (Å²) in [5.74, 6) is -0.324. The van der Waals surface area contributed by atoms with Crippen molar-refractivity contribution >= 4 is 27.3 Å². The summed E-state index contributed by atoms with van der Waals surface area (Å²) in [6.07, 6.45) is 2.15. The van der Waals surface area contributed by atoms with Crippen LogP contribution in [0.2, 0.25) is 0 Å². The maximum Gasteiger partial charge on any atom is 0.261 e. The van der Waals surface area contributed by atoms with Gasteiger partial charge in [0.2, 0.25) is 0 Å². The van der Waals surface area contributed by atoms with Crippen molar-refractivity contribution in [2.75, 3.05) is 19.6 Å². The zero-order valence-electron chi connectivity index (χ0n) is 12.0. The van der Waals surface area contributed by atoms with E-state index >= 15 is 0 Å². The Hall–Kier alpha value is -1.46. The smallest absolute Gasteiger partial charge is 0.261 e. The second-order valence-electron chi connectivity index (χ2n) is 6.04. The summed E-state index contributed by atoms with van der Waals surface area (Å²) in [5.41, 5.74) is 0.170. The molecule has 0 atom stereocenters. The topological polar surface area (TPSA) is 41.1 Å². The minimum Gasteiger partial charge on any atom is -0.351 e. The number of carbonyl (C=O) groups excluding carboxylic acids is 1. The number of amides is 1. The summed E-state index contributed by atoms with van der Waals surface area (Å²) in [7, 11) is 0. The molecule has 0 unspecified atom stereocenters. The summed E-state index contributed by atoms with van der Waals surface area (Å²) < 4.78 is 14.0. The van der Waals surface area contributed by atoms with Crippen molar-refractivity contribution in [1.82, 2.24) is 10.6 Å².